The zero-order chi connectivity index (χ0) is 71.4. The SMILES string of the molecule is C=C(C)CCC[C@]1(C)OC(=O)[C@]23CC=C4C(CCC5C(C)(C)C(O[C@@H]6OC[C@@H](O[C@@H]7O[C@H](CO)[C@@H](O)[C@H](O[C@@H]8O[C@H](CO)[C@@H](O)[C@H](O)[C@H]8O)[C@H]7O)[C@H](O)[C@H]6O[C@@H]6O[C@H](C)[C@@H](O[C@@H]7O[C@H](CO)[C@@H](O)[C@H](O[C@@H]8O[C@H](CO)[C@@H](O)[C@H](OC)[C@H]8O)[C@H]7O)[C@H](O)[C@H]6O)CC[C@]45C)[C@]2(C)CC(=O)[C@@H]31. The van der Waals surface area contributed by atoms with E-state index in [1.165, 1.54) is 19.6 Å². The first kappa shape index (κ1) is 76.6. The molecule has 10 fully saturated rings. The monoisotopic (exact) mass is 1410 g/mol. The minimum atomic E-state index is -2.09. The Hall–Kier alpha value is -2.54. The Morgan fingerprint density at radius 3 is 1.62 bits per heavy atom. The van der Waals surface area contributed by atoms with E-state index in [1.54, 1.807) is 0 Å². The Morgan fingerprint density at radius 1 is 0.561 bits per heavy atom. The highest BCUT2D eigenvalue weighted by atomic mass is 16.8. The molecule has 1 spiro atoms. The van der Waals surface area contributed by atoms with Gasteiger partial charge in [0.15, 0.2) is 37.7 Å². The molecule has 3 unspecified atom stereocenters. The lowest BCUT2D eigenvalue weighted by atomic mass is 9.41. The first-order valence-electron chi connectivity index (χ1n) is 34.3. The fourth-order valence-electron chi connectivity index (χ4n) is 18.8. The van der Waals surface area contributed by atoms with Gasteiger partial charge >= 0.3 is 5.97 Å². The van der Waals surface area contributed by atoms with Gasteiger partial charge in [0.05, 0.1) is 56.6 Å². The van der Waals surface area contributed by atoms with Crippen LogP contribution in [0.1, 0.15) is 106 Å². The molecule has 32 heteroatoms. The number of ether oxygens (including phenoxy) is 14. The van der Waals surface area contributed by atoms with Crippen LogP contribution in [-0.4, -0.2) is 323 Å². The molecule has 560 valence electrons. The number of carbonyl (C=O) groups is 2. The molecule has 0 aromatic heterocycles. The van der Waals surface area contributed by atoms with Crippen molar-refractivity contribution in [2.24, 2.45) is 39.4 Å². The number of fused-ring (bicyclic) bond motifs is 4. The third-order valence-corrected chi connectivity index (χ3v) is 24.1. The Bertz CT molecular complexity index is 2820. The van der Waals surface area contributed by atoms with Crippen LogP contribution < -0.4 is 0 Å². The molecule has 4 aliphatic carbocycles. The van der Waals surface area contributed by atoms with Crippen LogP contribution in [0.15, 0.2) is 23.8 Å². The smallest absolute Gasteiger partial charge is 0.314 e. The van der Waals surface area contributed by atoms with E-state index in [1.807, 2.05) is 13.8 Å². The van der Waals surface area contributed by atoms with Crippen LogP contribution in [0.5, 0.6) is 0 Å². The Balaban J connectivity index is 0.835. The number of methoxy groups -OCH3 is 1. The predicted molar refractivity (Wildman–Crippen MR) is 326 cm³/mol. The lowest BCUT2D eigenvalue weighted by molar-refractivity contribution is -0.397. The van der Waals surface area contributed by atoms with Crippen LogP contribution in [0.3, 0.4) is 0 Å². The maximum atomic E-state index is 14.6. The normalized spacial score (nSPS) is 52.5. The highest BCUT2D eigenvalue weighted by Gasteiger charge is 2.79. The van der Waals surface area contributed by atoms with E-state index in [9.17, 15) is 91.3 Å². The molecule has 0 aromatic carbocycles. The third-order valence-electron chi connectivity index (χ3n) is 24.1. The van der Waals surface area contributed by atoms with E-state index < -0.39 is 250 Å². The summed E-state index contributed by atoms with van der Waals surface area (Å²) in [6.07, 6.45) is -44.4. The van der Waals surface area contributed by atoms with Gasteiger partial charge < -0.3 is 148 Å². The third kappa shape index (κ3) is 13.0. The number of hydrogen-bond donors (Lipinski definition) is 16. The Morgan fingerprint density at radius 2 is 1.06 bits per heavy atom. The number of ketones is 1. The van der Waals surface area contributed by atoms with E-state index in [4.69, 9.17) is 66.3 Å². The molecule has 37 atom stereocenters. The van der Waals surface area contributed by atoms with Crippen molar-refractivity contribution in [1.82, 2.24) is 0 Å². The van der Waals surface area contributed by atoms with Gasteiger partial charge in [-0.3, -0.25) is 9.59 Å². The van der Waals surface area contributed by atoms with Gasteiger partial charge in [-0.25, -0.2) is 0 Å². The van der Waals surface area contributed by atoms with Crippen molar-refractivity contribution < 1.29 is 158 Å². The van der Waals surface area contributed by atoms with Crippen molar-refractivity contribution in [2.75, 3.05) is 40.1 Å². The first-order chi connectivity index (χ1) is 46.2. The van der Waals surface area contributed by atoms with Gasteiger partial charge in [-0.15, -0.1) is 6.58 Å². The maximum absolute atomic E-state index is 14.6. The highest BCUT2D eigenvalue weighted by molar-refractivity contribution is 5.99. The lowest BCUT2D eigenvalue weighted by Crippen LogP contribution is -2.67. The van der Waals surface area contributed by atoms with Crippen LogP contribution in [0, 0.1) is 39.4 Å². The number of aliphatic hydroxyl groups excluding tert-OH is 16. The largest absolute Gasteiger partial charge is 0.458 e. The molecule has 11 aliphatic rings. The number of cyclic esters (lactones) is 1. The maximum Gasteiger partial charge on any atom is 0.314 e. The molecule has 16 N–H and O–H groups in total. The topological polar surface area (TPSA) is 487 Å². The summed E-state index contributed by atoms with van der Waals surface area (Å²) in [6, 6.07) is 0. The summed E-state index contributed by atoms with van der Waals surface area (Å²) < 4.78 is 84.3. The number of Topliss-reactive ketones (excluding diaryl/α,β-unsaturated/α-hetero) is 1. The van der Waals surface area contributed by atoms with Gasteiger partial charge in [0, 0.05) is 13.5 Å². The fourth-order valence-corrected chi connectivity index (χ4v) is 18.8. The summed E-state index contributed by atoms with van der Waals surface area (Å²) in [5.41, 5.74) is -1.66. The van der Waals surface area contributed by atoms with E-state index in [0.717, 1.165) is 18.4 Å². The summed E-state index contributed by atoms with van der Waals surface area (Å²) in [5, 5.41) is 177. The van der Waals surface area contributed by atoms with Gasteiger partial charge in [-0.1, -0.05) is 44.9 Å². The molecule has 7 aliphatic heterocycles. The van der Waals surface area contributed by atoms with Crippen molar-refractivity contribution in [1.29, 1.82) is 0 Å². The molecule has 3 saturated carbocycles. The zero-order valence-electron chi connectivity index (χ0n) is 56.4. The number of allylic oxidation sites excluding steroid dienone is 3. The minimum Gasteiger partial charge on any atom is -0.458 e. The van der Waals surface area contributed by atoms with E-state index in [0.29, 0.717) is 38.5 Å². The minimum absolute atomic E-state index is 0.0447. The highest BCUT2D eigenvalue weighted by Crippen LogP contribution is 2.75. The number of rotatable bonds is 21. The van der Waals surface area contributed by atoms with Crippen molar-refractivity contribution in [2.45, 2.75) is 296 Å². The van der Waals surface area contributed by atoms with Crippen LogP contribution in [0.25, 0.3) is 0 Å². The second-order valence-electron chi connectivity index (χ2n) is 30.4. The summed E-state index contributed by atoms with van der Waals surface area (Å²) in [5.74, 6) is -1.06. The van der Waals surface area contributed by atoms with E-state index in [-0.39, 0.29) is 30.0 Å². The van der Waals surface area contributed by atoms with Gasteiger partial charge in [0.25, 0.3) is 0 Å². The summed E-state index contributed by atoms with van der Waals surface area (Å²) in [6.45, 7) is 13.8. The van der Waals surface area contributed by atoms with Crippen molar-refractivity contribution in [3.05, 3.63) is 23.8 Å². The second kappa shape index (κ2) is 29.4. The average molecular weight is 1410 g/mol. The lowest BCUT2D eigenvalue weighted by Gasteiger charge is -2.63. The second-order valence-corrected chi connectivity index (χ2v) is 30.4. The quantitative estimate of drug-likeness (QED) is 0.0292. The molecule has 98 heavy (non-hydrogen) atoms. The van der Waals surface area contributed by atoms with Crippen molar-refractivity contribution in [3.63, 3.8) is 0 Å². The molecule has 11 rings (SSSR count). The molecule has 0 aromatic rings. The fraction of sp³-hybridized carbons (Fsp3) is 0.909. The van der Waals surface area contributed by atoms with Gasteiger partial charge in [-0.2, -0.15) is 0 Å². The van der Waals surface area contributed by atoms with Gasteiger partial charge in [-0.05, 0) is 100 Å². The van der Waals surface area contributed by atoms with E-state index >= 15 is 0 Å². The van der Waals surface area contributed by atoms with Crippen LogP contribution in [0.2, 0.25) is 0 Å². The first-order valence-corrected chi connectivity index (χ1v) is 34.3. The summed E-state index contributed by atoms with van der Waals surface area (Å²) in [4.78, 5) is 29.1. The predicted octanol–water partition coefficient (Wildman–Crippen LogP) is -4.56. The molecule has 0 radical (unpaired) electrons. The Kier molecular flexibility index (Phi) is 23.0. The van der Waals surface area contributed by atoms with Crippen LogP contribution in [-0.2, 0) is 75.9 Å². The molecular formula is C66H104O32. The van der Waals surface area contributed by atoms with Crippen LogP contribution >= 0.6 is 0 Å². The number of aliphatic hydroxyl groups is 16. The Labute approximate surface area is 567 Å². The summed E-state index contributed by atoms with van der Waals surface area (Å²) in [7, 11) is 1.17. The number of carbonyl (C=O) groups excluding carboxylic acids is 2. The molecule has 7 heterocycles. The standard InChI is InChI=1S/C66H104O32/c1-25(2)11-10-16-65(8)54-29(71)19-64(7)28-12-13-35-62(4,5)36(15-17-63(35,6)27(28)14-18-66(54,64)61(84)98-65)93-60-53(41(76)34(24-86-60)92-57-47(82)51(39(74)32(22-69)89-57)95-56-44(79)42(77)37(72)30(20-67)88-56)97-55-45(80)43(78)49(26(3)87-55)94-59-48(83)52(40(75)33(23-70)91-59)96-58-46(81)50(85-9)38(73)31(21-68)90-58/h14,26,28,30-60,67-70,72-83H,1,10-13,15-24H2,2-9H3/t26-,28?,30-,31-,32-,33-,34-,35?,36?,37-,38-,39-,40-,41+,42+,43-,44-,45-,46-,47-,48-,49-,50+,51+,52+,53-,54-,55+,56+,57+,58+,59+,60+,63-,64+,65+,66-/m1/s1. The average Bonchev–Trinajstić information content (AvgIpc) is 1.47. The molecular weight excluding hydrogens is 1300 g/mol. The number of esters is 1. The molecule has 7 saturated heterocycles. The molecule has 32 nitrogen and oxygen atoms in total. The summed E-state index contributed by atoms with van der Waals surface area (Å²) >= 11 is 0. The molecule has 0 amide bonds. The van der Waals surface area contributed by atoms with Crippen molar-refractivity contribution >= 4 is 11.8 Å². The zero-order valence-corrected chi connectivity index (χ0v) is 56.4. The van der Waals surface area contributed by atoms with Gasteiger partial charge in [0.2, 0.25) is 0 Å². The van der Waals surface area contributed by atoms with Crippen molar-refractivity contribution in [3.8, 4) is 0 Å². The van der Waals surface area contributed by atoms with E-state index in [2.05, 4.69) is 40.3 Å². The molecule has 0 bridgehead atoms. The van der Waals surface area contributed by atoms with Gasteiger partial charge in [0.1, 0.15) is 146 Å². The van der Waals surface area contributed by atoms with Crippen LogP contribution in [0.4, 0.5) is 0 Å². The number of hydrogen-bond acceptors (Lipinski definition) is 32.